The minimum Gasteiger partial charge on any atom is -0.387 e. The Morgan fingerprint density at radius 1 is 1.10 bits per heavy atom. The van der Waals surface area contributed by atoms with Gasteiger partial charge >= 0.3 is 0 Å². The number of methoxy groups -OCH3 is 1. The molecule has 6 nitrogen and oxygen atoms in total. The normalized spacial score (nSPS) is 41.1. The van der Waals surface area contributed by atoms with Crippen molar-refractivity contribution in [3.05, 3.63) is 35.9 Å². The molecule has 20 heavy (non-hydrogen) atoms. The van der Waals surface area contributed by atoms with E-state index in [0.29, 0.717) is 0 Å². The first kappa shape index (κ1) is 13.9. The third-order valence-electron chi connectivity index (χ3n) is 3.64. The van der Waals surface area contributed by atoms with Gasteiger partial charge in [-0.2, -0.15) is 0 Å². The molecule has 0 bridgehead atoms. The van der Waals surface area contributed by atoms with Gasteiger partial charge in [0.2, 0.25) is 0 Å². The highest BCUT2D eigenvalue weighted by molar-refractivity contribution is 5.16. The zero-order valence-corrected chi connectivity index (χ0v) is 11.1. The van der Waals surface area contributed by atoms with Crippen molar-refractivity contribution in [3.63, 3.8) is 0 Å². The highest BCUT2D eigenvalue weighted by Gasteiger charge is 2.48. The number of rotatable bonds is 2. The molecule has 2 aliphatic rings. The molecule has 1 aromatic carbocycles. The second-order valence-electron chi connectivity index (χ2n) is 4.94. The van der Waals surface area contributed by atoms with Crippen LogP contribution in [0, 0.1) is 0 Å². The minimum absolute atomic E-state index is 0.272. The van der Waals surface area contributed by atoms with Gasteiger partial charge in [-0.3, -0.25) is 0 Å². The molecular formula is C14H18O6. The van der Waals surface area contributed by atoms with Crippen molar-refractivity contribution < 1.29 is 29.2 Å². The summed E-state index contributed by atoms with van der Waals surface area (Å²) in [5.74, 6) is 0. The van der Waals surface area contributed by atoms with Crippen LogP contribution in [0.15, 0.2) is 30.3 Å². The maximum Gasteiger partial charge on any atom is 0.186 e. The molecule has 0 aliphatic carbocycles. The summed E-state index contributed by atoms with van der Waals surface area (Å²) in [5.41, 5.74) is 0.863. The van der Waals surface area contributed by atoms with Crippen LogP contribution in [0.2, 0.25) is 0 Å². The number of benzene rings is 1. The van der Waals surface area contributed by atoms with Crippen LogP contribution in [0.4, 0.5) is 0 Å². The number of ether oxygens (including phenoxy) is 4. The molecule has 0 saturated carbocycles. The molecule has 0 amide bonds. The van der Waals surface area contributed by atoms with Crippen LogP contribution in [-0.2, 0) is 18.9 Å². The van der Waals surface area contributed by atoms with Crippen LogP contribution >= 0.6 is 0 Å². The molecule has 0 unspecified atom stereocenters. The van der Waals surface area contributed by atoms with Crippen molar-refractivity contribution in [2.24, 2.45) is 0 Å². The zero-order chi connectivity index (χ0) is 14.1. The maximum atomic E-state index is 10.1. The number of aliphatic hydroxyl groups excluding tert-OH is 2. The van der Waals surface area contributed by atoms with Crippen LogP contribution < -0.4 is 0 Å². The Hall–Kier alpha value is -1.02. The Labute approximate surface area is 116 Å². The summed E-state index contributed by atoms with van der Waals surface area (Å²) in [5, 5.41) is 20.1. The van der Waals surface area contributed by atoms with Gasteiger partial charge in [-0.05, 0) is 0 Å². The molecule has 0 aromatic heterocycles. The maximum absolute atomic E-state index is 10.1. The van der Waals surface area contributed by atoms with Crippen molar-refractivity contribution in [1.82, 2.24) is 0 Å². The van der Waals surface area contributed by atoms with Crippen molar-refractivity contribution >= 4 is 0 Å². The lowest BCUT2D eigenvalue weighted by Gasteiger charge is -2.45. The largest absolute Gasteiger partial charge is 0.387 e. The fourth-order valence-corrected chi connectivity index (χ4v) is 2.55. The molecule has 2 saturated heterocycles. The average Bonchev–Trinajstić information content (AvgIpc) is 2.51. The van der Waals surface area contributed by atoms with Crippen LogP contribution in [0.5, 0.6) is 0 Å². The molecule has 0 spiro atoms. The van der Waals surface area contributed by atoms with E-state index in [2.05, 4.69) is 0 Å². The van der Waals surface area contributed by atoms with Crippen LogP contribution in [0.25, 0.3) is 0 Å². The fraction of sp³-hybridized carbons (Fsp3) is 0.571. The Kier molecular flexibility index (Phi) is 4.02. The predicted octanol–water partition coefficient (Wildman–Crippen LogP) is 0.194. The van der Waals surface area contributed by atoms with Crippen molar-refractivity contribution in [2.45, 2.75) is 37.0 Å². The average molecular weight is 282 g/mol. The quantitative estimate of drug-likeness (QED) is 0.806. The summed E-state index contributed by atoms with van der Waals surface area (Å²) in [6, 6.07) is 9.45. The first-order valence-corrected chi connectivity index (χ1v) is 6.57. The monoisotopic (exact) mass is 282 g/mol. The molecule has 1 aromatic rings. The van der Waals surface area contributed by atoms with Gasteiger partial charge in [0.1, 0.15) is 24.4 Å². The van der Waals surface area contributed by atoms with Crippen LogP contribution in [0.3, 0.4) is 0 Å². The lowest BCUT2D eigenvalue weighted by molar-refractivity contribution is -0.358. The Bertz CT molecular complexity index is 437. The van der Waals surface area contributed by atoms with E-state index in [1.807, 2.05) is 30.3 Å². The number of fused-ring (bicyclic) bond motifs is 1. The van der Waals surface area contributed by atoms with Gasteiger partial charge in [-0.25, -0.2) is 0 Å². The van der Waals surface area contributed by atoms with Crippen molar-refractivity contribution in [1.29, 1.82) is 0 Å². The lowest BCUT2D eigenvalue weighted by atomic mass is 9.98. The molecule has 0 radical (unpaired) electrons. The molecule has 6 atom stereocenters. The van der Waals surface area contributed by atoms with E-state index in [0.717, 1.165) is 5.56 Å². The first-order valence-electron chi connectivity index (χ1n) is 6.57. The number of aliphatic hydroxyl groups is 2. The highest BCUT2D eigenvalue weighted by Crippen LogP contribution is 2.33. The Morgan fingerprint density at radius 2 is 1.85 bits per heavy atom. The van der Waals surface area contributed by atoms with Gasteiger partial charge in [0.25, 0.3) is 0 Å². The van der Waals surface area contributed by atoms with Crippen LogP contribution in [-0.4, -0.2) is 54.6 Å². The Balaban J connectivity index is 1.74. The second kappa shape index (κ2) is 5.77. The zero-order valence-electron chi connectivity index (χ0n) is 11.1. The van der Waals surface area contributed by atoms with Gasteiger partial charge in [-0.1, -0.05) is 30.3 Å². The SMILES string of the molecule is CO[C@@H]1O[C@@H]2CO[C@H](c3ccccc3)O[C@@H]2[C@H](O)[C@H]1O. The lowest BCUT2D eigenvalue weighted by Crippen LogP contribution is -2.62. The molecule has 2 heterocycles. The van der Waals surface area contributed by atoms with Gasteiger partial charge in [0.15, 0.2) is 12.6 Å². The molecule has 6 heteroatoms. The van der Waals surface area contributed by atoms with E-state index < -0.39 is 37.0 Å². The van der Waals surface area contributed by atoms with Crippen molar-refractivity contribution in [3.8, 4) is 0 Å². The van der Waals surface area contributed by atoms with Crippen molar-refractivity contribution in [2.75, 3.05) is 13.7 Å². The second-order valence-corrected chi connectivity index (χ2v) is 4.94. The highest BCUT2D eigenvalue weighted by atomic mass is 16.7. The summed E-state index contributed by atoms with van der Waals surface area (Å²) >= 11 is 0. The third-order valence-corrected chi connectivity index (χ3v) is 3.64. The van der Waals surface area contributed by atoms with E-state index in [1.165, 1.54) is 7.11 Å². The summed E-state index contributed by atoms with van der Waals surface area (Å²) in [6.07, 6.45) is -4.76. The summed E-state index contributed by atoms with van der Waals surface area (Å²) in [6.45, 7) is 0.272. The molecule has 2 fully saturated rings. The van der Waals surface area contributed by atoms with Gasteiger partial charge in [0.05, 0.1) is 6.61 Å². The van der Waals surface area contributed by atoms with E-state index in [4.69, 9.17) is 18.9 Å². The Morgan fingerprint density at radius 3 is 2.55 bits per heavy atom. The predicted molar refractivity (Wildman–Crippen MR) is 67.7 cm³/mol. The molecule has 2 N–H and O–H groups in total. The fourth-order valence-electron chi connectivity index (χ4n) is 2.55. The third kappa shape index (κ3) is 2.46. The van der Waals surface area contributed by atoms with E-state index in [9.17, 15) is 10.2 Å². The number of hydrogen-bond donors (Lipinski definition) is 2. The molecular weight excluding hydrogens is 264 g/mol. The summed E-state index contributed by atoms with van der Waals surface area (Å²) in [4.78, 5) is 0. The first-order chi connectivity index (χ1) is 9.70. The topological polar surface area (TPSA) is 77.4 Å². The van der Waals surface area contributed by atoms with Gasteiger partial charge in [0, 0.05) is 12.7 Å². The smallest absolute Gasteiger partial charge is 0.186 e. The van der Waals surface area contributed by atoms with E-state index >= 15 is 0 Å². The summed E-state index contributed by atoms with van der Waals surface area (Å²) < 4.78 is 21.9. The molecule has 3 rings (SSSR count). The van der Waals surface area contributed by atoms with Crippen LogP contribution in [0.1, 0.15) is 11.9 Å². The van der Waals surface area contributed by atoms with E-state index in [1.54, 1.807) is 0 Å². The minimum atomic E-state index is -1.14. The van der Waals surface area contributed by atoms with E-state index in [-0.39, 0.29) is 6.61 Å². The summed E-state index contributed by atoms with van der Waals surface area (Å²) in [7, 11) is 1.41. The van der Waals surface area contributed by atoms with Gasteiger partial charge in [-0.15, -0.1) is 0 Å². The standard InChI is InChI=1S/C14H18O6/c1-17-14-11(16)10(15)12-9(19-14)7-18-13(20-12)8-5-3-2-4-6-8/h2-6,9-16H,7H2,1H3/t9-,10-,11-,12+,13+,14-/m1/s1. The number of hydrogen-bond acceptors (Lipinski definition) is 6. The van der Waals surface area contributed by atoms with Gasteiger partial charge < -0.3 is 29.2 Å². The molecule has 110 valence electrons. The molecule has 2 aliphatic heterocycles.